The van der Waals surface area contributed by atoms with Crippen LogP contribution in [0.4, 0.5) is 5.82 Å². The first kappa shape index (κ1) is 10.2. The SMILES string of the molecule is COc1ccccc1-c1cn2c(N)csc2n1. The van der Waals surface area contributed by atoms with E-state index in [0.29, 0.717) is 5.82 Å². The largest absolute Gasteiger partial charge is 0.496 e. The zero-order valence-corrected chi connectivity index (χ0v) is 10.1. The van der Waals surface area contributed by atoms with Gasteiger partial charge in [0.2, 0.25) is 0 Å². The van der Waals surface area contributed by atoms with Gasteiger partial charge in [-0.05, 0) is 12.1 Å². The Kier molecular flexibility index (Phi) is 2.26. The van der Waals surface area contributed by atoms with Gasteiger partial charge in [0.25, 0.3) is 0 Å². The van der Waals surface area contributed by atoms with Gasteiger partial charge >= 0.3 is 0 Å². The lowest BCUT2D eigenvalue weighted by atomic mass is 10.1. The standard InChI is InChI=1S/C12H11N3OS/c1-16-10-5-3-2-4-8(10)9-6-15-11(13)7-17-12(15)14-9/h2-7H,13H2,1H3. The van der Waals surface area contributed by atoms with Crippen LogP contribution >= 0.6 is 11.3 Å². The number of anilines is 1. The molecule has 0 aliphatic rings. The summed E-state index contributed by atoms with van der Waals surface area (Å²) in [5.41, 5.74) is 7.69. The van der Waals surface area contributed by atoms with Crippen molar-refractivity contribution in [2.45, 2.75) is 0 Å². The van der Waals surface area contributed by atoms with Crippen LogP contribution in [-0.4, -0.2) is 16.5 Å². The number of ether oxygens (including phenoxy) is 1. The van der Waals surface area contributed by atoms with Crippen molar-refractivity contribution in [2.75, 3.05) is 12.8 Å². The number of fused-ring (bicyclic) bond motifs is 1. The molecular formula is C12H11N3OS. The normalized spacial score (nSPS) is 10.9. The van der Waals surface area contributed by atoms with Crippen molar-refractivity contribution in [2.24, 2.45) is 0 Å². The highest BCUT2D eigenvalue weighted by atomic mass is 32.1. The van der Waals surface area contributed by atoms with Gasteiger partial charge in [-0.3, -0.25) is 4.40 Å². The number of para-hydroxylation sites is 1. The van der Waals surface area contributed by atoms with E-state index in [-0.39, 0.29) is 0 Å². The summed E-state index contributed by atoms with van der Waals surface area (Å²) in [5.74, 6) is 1.52. The third kappa shape index (κ3) is 1.55. The fraction of sp³-hybridized carbons (Fsp3) is 0.0833. The molecule has 3 aromatic rings. The minimum absolute atomic E-state index is 0.707. The summed E-state index contributed by atoms with van der Waals surface area (Å²) in [7, 11) is 1.66. The maximum atomic E-state index is 5.84. The molecule has 0 spiro atoms. The summed E-state index contributed by atoms with van der Waals surface area (Å²) in [6.45, 7) is 0. The van der Waals surface area contributed by atoms with Gasteiger partial charge in [-0.2, -0.15) is 0 Å². The average molecular weight is 245 g/mol. The van der Waals surface area contributed by atoms with Crippen molar-refractivity contribution in [3.05, 3.63) is 35.8 Å². The van der Waals surface area contributed by atoms with Crippen LogP contribution in [0.3, 0.4) is 0 Å². The summed E-state index contributed by atoms with van der Waals surface area (Å²) < 4.78 is 7.21. The first-order valence-corrected chi connectivity index (χ1v) is 6.03. The number of thiazole rings is 1. The maximum Gasteiger partial charge on any atom is 0.195 e. The smallest absolute Gasteiger partial charge is 0.195 e. The van der Waals surface area contributed by atoms with Crippen molar-refractivity contribution in [1.82, 2.24) is 9.38 Å². The molecule has 0 bridgehead atoms. The molecule has 2 aromatic heterocycles. The number of nitrogens with two attached hydrogens (primary N) is 1. The fourth-order valence-corrected chi connectivity index (χ4v) is 2.55. The molecule has 0 aliphatic heterocycles. The average Bonchev–Trinajstić information content (AvgIpc) is 2.92. The Morgan fingerprint density at radius 2 is 2.18 bits per heavy atom. The minimum atomic E-state index is 0.707. The van der Waals surface area contributed by atoms with Crippen LogP contribution in [0.1, 0.15) is 0 Å². The molecule has 2 N–H and O–H groups in total. The summed E-state index contributed by atoms with van der Waals surface area (Å²) in [5, 5.41) is 1.88. The second kappa shape index (κ2) is 3.78. The third-order valence-electron chi connectivity index (χ3n) is 2.62. The van der Waals surface area contributed by atoms with E-state index < -0.39 is 0 Å². The quantitative estimate of drug-likeness (QED) is 0.755. The van der Waals surface area contributed by atoms with E-state index in [1.54, 1.807) is 7.11 Å². The molecule has 2 heterocycles. The molecule has 3 rings (SSSR count). The van der Waals surface area contributed by atoms with Crippen LogP contribution in [0, 0.1) is 0 Å². The highest BCUT2D eigenvalue weighted by Crippen LogP contribution is 2.30. The van der Waals surface area contributed by atoms with Gasteiger partial charge in [0, 0.05) is 17.1 Å². The van der Waals surface area contributed by atoms with E-state index in [4.69, 9.17) is 10.5 Å². The van der Waals surface area contributed by atoms with Crippen LogP contribution in [-0.2, 0) is 0 Å². The predicted octanol–water partition coefficient (Wildman–Crippen LogP) is 2.65. The number of benzene rings is 1. The van der Waals surface area contributed by atoms with Crippen molar-refractivity contribution >= 4 is 22.1 Å². The number of aromatic nitrogens is 2. The maximum absolute atomic E-state index is 5.84. The van der Waals surface area contributed by atoms with E-state index >= 15 is 0 Å². The number of hydrogen-bond acceptors (Lipinski definition) is 4. The lowest BCUT2D eigenvalue weighted by Crippen LogP contribution is -1.88. The van der Waals surface area contributed by atoms with E-state index in [9.17, 15) is 0 Å². The summed E-state index contributed by atoms with van der Waals surface area (Å²) in [6.07, 6.45) is 1.93. The van der Waals surface area contributed by atoms with E-state index in [1.807, 2.05) is 40.2 Å². The molecule has 0 atom stereocenters. The molecule has 1 aromatic carbocycles. The van der Waals surface area contributed by atoms with Crippen molar-refractivity contribution in [3.8, 4) is 17.0 Å². The van der Waals surface area contributed by atoms with E-state index in [2.05, 4.69) is 4.98 Å². The molecule has 0 amide bonds. The van der Waals surface area contributed by atoms with Crippen LogP contribution in [0.5, 0.6) is 5.75 Å². The van der Waals surface area contributed by atoms with Crippen molar-refractivity contribution < 1.29 is 4.74 Å². The molecule has 0 fully saturated rings. The molecule has 0 radical (unpaired) electrons. The number of nitrogen functional groups attached to an aromatic ring is 1. The Balaban J connectivity index is 2.20. The van der Waals surface area contributed by atoms with Gasteiger partial charge in [0.1, 0.15) is 11.6 Å². The third-order valence-corrected chi connectivity index (χ3v) is 3.48. The number of rotatable bonds is 2. The van der Waals surface area contributed by atoms with Gasteiger partial charge < -0.3 is 10.5 Å². The van der Waals surface area contributed by atoms with Crippen molar-refractivity contribution in [3.63, 3.8) is 0 Å². The van der Waals surface area contributed by atoms with Crippen LogP contribution in [0.15, 0.2) is 35.8 Å². The first-order chi connectivity index (χ1) is 8.29. The first-order valence-electron chi connectivity index (χ1n) is 5.15. The minimum Gasteiger partial charge on any atom is -0.496 e. The topological polar surface area (TPSA) is 52.5 Å². The number of hydrogen-bond donors (Lipinski definition) is 1. The zero-order chi connectivity index (χ0) is 11.8. The fourth-order valence-electron chi connectivity index (χ4n) is 1.79. The Bertz CT molecular complexity index is 671. The Morgan fingerprint density at radius 1 is 1.35 bits per heavy atom. The lowest BCUT2D eigenvalue weighted by molar-refractivity contribution is 0.416. The second-order valence-corrected chi connectivity index (χ2v) is 4.48. The molecule has 5 heteroatoms. The van der Waals surface area contributed by atoms with Gasteiger partial charge in [-0.25, -0.2) is 4.98 Å². The molecule has 86 valence electrons. The molecule has 0 saturated heterocycles. The monoisotopic (exact) mass is 245 g/mol. The summed E-state index contributed by atoms with van der Waals surface area (Å²) >= 11 is 1.53. The summed E-state index contributed by atoms with van der Waals surface area (Å²) in [6, 6.07) is 7.82. The lowest BCUT2D eigenvalue weighted by Gasteiger charge is -2.04. The zero-order valence-electron chi connectivity index (χ0n) is 9.25. The highest BCUT2D eigenvalue weighted by molar-refractivity contribution is 7.15. The van der Waals surface area contributed by atoms with Gasteiger partial charge in [0.05, 0.1) is 12.8 Å². The van der Waals surface area contributed by atoms with Gasteiger partial charge in [-0.15, -0.1) is 11.3 Å². The molecule has 17 heavy (non-hydrogen) atoms. The number of imidazole rings is 1. The number of nitrogens with zero attached hydrogens (tertiary/aromatic N) is 2. The molecular weight excluding hydrogens is 234 g/mol. The molecule has 0 unspecified atom stereocenters. The number of methoxy groups -OCH3 is 1. The molecule has 0 saturated carbocycles. The predicted molar refractivity (Wildman–Crippen MR) is 69.5 cm³/mol. The second-order valence-electron chi connectivity index (χ2n) is 3.64. The van der Waals surface area contributed by atoms with Crippen LogP contribution in [0.2, 0.25) is 0 Å². The van der Waals surface area contributed by atoms with E-state index in [0.717, 1.165) is 22.0 Å². The van der Waals surface area contributed by atoms with E-state index in [1.165, 1.54) is 11.3 Å². The highest BCUT2D eigenvalue weighted by Gasteiger charge is 2.11. The van der Waals surface area contributed by atoms with Crippen molar-refractivity contribution in [1.29, 1.82) is 0 Å². The van der Waals surface area contributed by atoms with Crippen LogP contribution in [0.25, 0.3) is 16.2 Å². The van der Waals surface area contributed by atoms with Gasteiger partial charge in [-0.1, -0.05) is 12.1 Å². The molecule has 0 aliphatic carbocycles. The Labute approximate surface area is 102 Å². The van der Waals surface area contributed by atoms with Crippen LogP contribution < -0.4 is 10.5 Å². The molecule has 4 nitrogen and oxygen atoms in total. The Morgan fingerprint density at radius 3 is 2.94 bits per heavy atom. The Hall–Kier alpha value is -2.01. The summed E-state index contributed by atoms with van der Waals surface area (Å²) in [4.78, 5) is 5.43. The van der Waals surface area contributed by atoms with Gasteiger partial charge in [0.15, 0.2) is 4.96 Å².